The highest BCUT2D eigenvalue weighted by molar-refractivity contribution is 5.82. The number of nitrogens with one attached hydrogen (secondary N) is 1. The van der Waals surface area contributed by atoms with Crippen molar-refractivity contribution in [2.45, 2.75) is 38.1 Å². The van der Waals surface area contributed by atoms with E-state index in [0.29, 0.717) is 11.8 Å². The van der Waals surface area contributed by atoms with Gasteiger partial charge in [0.15, 0.2) is 0 Å². The Bertz CT molecular complexity index is 178. The Morgan fingerprint density at radius 1 is 1.70 bits per heavy atom. The largest absolute Gasteiger partial charge is 0.351 e. The van der Waals surface area contributed by atoms with Crippen LogP contribution in [0, 0.1) is 5.92 Å². The smallest absolute Gasteiger partial charge is 0.223 e. The van der Waals surface area contributed by atoms with Gasteiger partial charge in [-0.3, -0.25) is 4.79 Å². The molecule has 0 aromatic rings. The Morgan fingerprint density at radius 3 is 3.10 bits per heavy atom. The minimum absolute atomic E-state index is 0.167. The molecule has 2 atom stereocenters. The summed E-state index contributed by atoms with van der Waals surface area (Å²) in [5, 5.41) is 3.05. The Kier molecular flexibility index (Phi) is 1.08. The molecule has 0 aromatic carbocycles. The molecule has 1 aliphatic carbocycles. The topological polar surface area (TPSA) is 29.1 Å². The molecule has 2 heteroatoms. The van der Waals surface area contributed by atoms with Crippen LogP contribution in [0.25, 0.3) is 0 Å². The lowest BCUT2D eigenvalue weighted by Gasteiger charge is -2.26. The molecule has 1 N–H and O–H groups in total. The fourth-order valence-electron chi connectivity index (χ4n) is 2.22. The van der Waals surface area contributed by atoms with E-state index in [1.54, 1.807) is 0 Å². The normalized spacial score (nSPS) is 45.3. The third-order valence-electron chi connectivity index (χ3n) is 2.77. The molecule has 10 heavy (non-hydrogen) atoms. The molecule has 2 rings (SSSR count). The number of hydrogen-bond acceptors (Lipinski definition) is 1. The lowest BCUT2D eigenvalue weighted by atomic mass is 9.81. The highest BCUT2D eigenvalue weighted by Gasteiger charge is 2.43. The maximum absolute atomic E-state index is 11.1. The van der Waals surface area contributed by atoms with Gasteiger partial charge in [0.1, 0.15) is 0 Å². The number of hydrogen-bond donors (Lipinski definition) is 1. The fourth-order valence-corrected chi connectivity index (χ4v) is 2.22. The average molecular weight is 139 g/mol. The number of fused-ring (bicyclic) bond motifs is 2. The van der Waals surface area contributed by atoms with Gasteiger partial charge in [-0.15, -0.1) is 0 Å². The summed E-state index contributed by atoms with van der Waals surface area (Å²) in [5.74, 6) is 0.638. The first-order valence-corrected chi connectivity index (χ1v) is 4.02. The molecular weight excluding hydrogens is 126 g/mol. The molecule has 2 aliphatic rings. The quantitative estimate of drug-likeness (QED) is 0.534. The second kappa shape index (κ2) is 1.74. The molecule has 0 radical (unpaired) electrons. The van der Waals surface area contributed by atoms with Crippen molar-refractivity contribution in [2.75, 3.05) is 0 Å². The zero-order valence-electron chi connectivity index (χ0n) is 6.31. The van der Waals surface area contributed by atoms with Crippen molar-refractivity contribution in [1.29, 1.82) is 0 Å². The SMILES string of the molecule is CC12CCCC(C1)C(=O)N2. The summed E-state index contributed by atoms with van der Waals surface area (Å²) in [4.78, 5) is 11.1. The van der Waals surface area contributed by atoms with Crippen molar-refractivity contribution in [2.24, 2.45) is 5.92 Å². The van der Waals surface area contributed by atoms with Gasteiger partial charge in [0.25, 0.3) is 0 Å². The van der Waals surface area contributed by atoms with Crippen molar-refractivity contribution < 1.29 is 4.79 Å². The van der Waals surface area contributed by atoms with Crippen LogP contribution in [0.15, 0.2) is 0 Å². The van der Waals surface area contributed by atoms with E-state index in [9.17, 15) is 4.79 Å². The van der Waals surface area contributed by atoms with E-state index in [-0.39, 0.29) is 5.54 Å². The minimum Gasteiger partial charge on any atom is -0.351 e. The maximum Gasteiger partial charge on any atom is 0.223 e. The predicted octanol–water partition coefficient (Wildman–Crippen LogP) is 1.07. The molecule has 1 aliphatic heterocycles. The minimum atomic E-state index is 0.167. The van der Waals surface area contributed by atoms with Crippen molar-refractivity contribution >= 4 is 5.91 Å². The summed E-state index contributed by atoms with van der Waals surface area (Å²) in [6.45, 7) is 2.16. The Morgan fingerprint density at radius 2 is 2.50 bits per heavy atom. The van der Waals surface area contributed by atoms with Crippen LogP contribution >= 0.6 is 0 Å². The summed E-state index contributed by atoms with van der Waals surface area (Å²) in [5.41, 5.74) is 0.167. The molecule has 1 heterocycles. The number of amides is 1. The molecule has 0 aromatic heterocycles. The molecule has 2 fully saturated rings. The van der Waals surface area contributed by atoms with Crippen LogP contribution in [0.2, 0.25) is 0 Å². The van der Waals surface area contributed by atoms with E-state index < -0.39 is 0 Å². The van der Waals surface area contributed by atoms with Crippen molar-refractivity contribution in [1.82, 2.24) is 5.32 Å². The van der Waals surface area contributed by atoms with Gasteiger partial charge in [-0.1, -0.05) is 6.42 Å². The highest BCUT2D eigenvalue weighted by atomic mass is 16.2. The van der Waals surface area contributed by atoms with E-state index >= 15 is 0 Å². The Balaban J connectivity index is 2.23. The third kappa shape index (κ3) is 0.746. The van der Waals surface area contributed by atoms with Gasteiger partial charge < -0.3 is 5.32 Å². The molecular formula is C8H13NO. The van der Waals surface area contributed by atoms with E-state index in [2.05, 4.69) is 12.2 Å². The molecule has 1 saturated carbocycles. The summed E-state index contributed by atoms with van der Waals surface area (Å²) in [6.07, 6.45) is 4.59. The molecule has 1 amide bonds. The van der Waals surface area contributed by atoms with Crippen LogP contribution in [0.3, 0.4) is 0 Å². The lowest BCUT2D eigenvalue weighted by molar-refractivity contribution is -0.122. The van der Waals surface area contributed by atoms with E-state index in [1.807, 2.05) is 0 Å². The average Bonchev–Trinajstić information content (AvgIpc) is 2.03. The van der Waals surface area contributed by atoms with E-state index in [4.69, 9.17) is 0 Å². The van der Waals surface area contributed by atoms with Crippen LogP contribution < -0.4 is 5.32 Å². The van der Waals surface area contributed by atoms with Gasteiger partial charge in [0.05, 0.1) is 0 Å². The molecule has 2 nitrogen and oxygen atoms in total. The van der Waals surface area contributed by atoms with Gasteiger partial charge >= 0.3 is 0 Å². The fraction of sp³-hybridized carbons (Fsp3) is 0.875. The molecule has 0 spiro atoms. The maximum atomic E-state index is 11.1. The third-order valence-corrected chi connectivity index (χ3v) is 2.77. The number of carbonyl (C=O) groups excluding carboxylic acids is 1. The van der Waals surface area contributed by atoms with Crippen LogP contribution in [0.1, 0.15) is 32.6 Å². The second-order valence-corrected chi connectivity index (χ2v) is 3.84. The molecule has 1 saturated heterocycles. The van der Waals surface area contributed by atoms with Crippen LogP contribution in [0.5, 0.6) is 0 Å². The standard InChI is InChI=1S/C8H13NO/c1-8-4-2-3-6(5-8)7(10)9-8/h6H,2-5H2,1H3,(H,9,10). The van der Waals surface area contributed by atoms with Crippen LogP contribution in [-0.2, 0) is 4.79 Å². The van der Waals surface area contributed by atoms with Crippen molar-refractivity contribution in [3.8, 4) is 0 Å². The zero-order valence-corrected chi connectivity index (χ0v) is 6.31. The van der Waals surface area contributed by atoms with Crippen LogP contribution in [-0.4, -0.2) is 11.4 Å². The Labute approximate surface area is 61.0 Å². The monoisotopic (exact) mass is 139 g/mol. The van der Waals surface area contributed by atoms with Crippen LogP contribution in [0.4, 0.5) is 0 Å². The zero-order chi connectivity index (χ0) is 7.19. The van der Waals surface area contributed by atoms with E-state index in [1.165, 1.54) is 12.8 Å². The van der Waals surface area contributed by atoms with Gasteiger partial charge in [-0.05, 0) is 26.2 Å². The lowest BCUT2D eigenvalue weighted by Crippen LogP contribution is -2.37. The predicted molar refractivity (Wildman–Crippen MR) is 38.5 cm³/mol. The summed E-state index contributed by atoms with van der Waals surface area (Å²) >= 11 is 0. The van der Waals surface area contributed by atoms with Crippen molar-refractivity contribution in [3.63, 3.8) is 0 Å². The van der Waals surface area contributed by atoms with Gasteiger partial charge in [-0.2, -0.15) is 0 Å². The first kappa shape index (κ1) is 6.20. The highest BCUT2D eigenvalue weighted by Crippen LogP contribution is 2.37. The molecule has 2 bridgehead atoms. The number of rotatable bonds is 0. The van der Waals surface area contributed by atoms with Crippen molar-refractivity contribution in [3.05, 3.63) is 0 Å². The first-order chi connectivity index (χ1) is 4.70. The molecule has 2 unspecified atom stereocenters. The second-order valence-electron chi connectivity index (χ2n) is 3.84. The Hall–Kier alpha value is -0.530. The summed E-state index contributed by atoms with van der Waals surface area (Å²) in [7, 11) is 0. The molecule has 56 valence electrons. The van der Waals surface area contributed by atoms with Gasteiger partial charge in [0.2, 0.25) is 5.91 Å². The summed E-state index contributed by atoms with van der Waals surface area (Å²) in [6, 6.07) is 0. The summed E-state index contributed by atoms with van der Waals surface area (Å²) < 4.78 is 0. The van der Waals surface area contributed by atoms with E-state index in [0.717, 1.165) is 12.8 Å². The first-order valence-electron chi connectivity index (χ1n) is 4.02. The van der Waals surface area contributed by atoms with Gasteiger partial charge in [0, 0.05) is 11.5 Å². The number of carbonyl (C=O) groups is 1. The van der Waals surface area contributed by atoms with Gasteiger partial charge in [-0.25, -0.2) is 0 Å².